The molecule has 1 saturated heterocycles. The van der Waals surface area contributed by atoms with Crippen molar-refractivity contribution in [2.75, 3.05) is 53.6 Å². The highest BCUT2D eigenvalue weighted by Crippen LogP contribution is 2.44. The van der Waals surface area contributed by atoms with Crippen LogP contribution in [-0.2, 0) is 4.74 Å². The fourth-order valence-corrected chi connectivity index (χ4v) is 5.02. The minimum atomic E-state index is -0.267. The minimum Gasteiger partial charge on any atom is -0.493 e. The molecule has 2 aromatic carbocycles. The summed E-state index contributed by atoms with van der Waals surface area (Å²) in [6, 6.07) is 13.9. The van der Waals surface area contributed by atoms with Crippen LogP contribution in [0.1, 0.15) is 39.6 Å². The first-order valence-corrected chi connectivity index (χ1v) is 12.1. The molecule has 35 heavy (non-hydrogen) atoms. The highest BCUT2D eigenvalue weighted by molar-refractivity contribution is 6.00. The molecule has 1 N–H and O–H groups in total. The van der Waals surface area contributed by atoms with Crippen molar-refractivity contribution in [3.05, 3.63) is 64.8 Å². The Morgan fingerprint density at radius 2 is 1.77 bits per heavy atom. The van der Waals surface area contributed by atoms with Crippen molar-refractivity contribution in [1.29, 1.82) is 0 Å². The van der Waals surface area contributed by atoms with E-state index in [1.165, 1.54) is 5.56 Å². The predicted molar refractivity (Wildman–Crippen MR) is 133 cm³/mol. The van der Waals surface area contributed by atoms with Crippen LogP contribution in [0.15, 0.2) is 42.5 Å². The Balaban J connectivity index is 1.51. The van der Waals surface area contributed by atoms with Gasteiger partial charge in [0.25, 0.3) is 5.91 Å². The van der Waals surface area contributed by atoms with Crippen LogP contribution in [0.2, 0.25) is 0 Å². The molecule has 0 aliphatic carbocycles. The van der Waals surface area contributed by atoms with Crippen LogP contribution in [0, 0.1) is 6.92 Å². The first-order valence-electron chi connectivity index (χ1n) is 12.1. The number of hydrogen-bond acceptors (Lipinski definition) is 6. The highest BCUT2D eigenvalue weighted by Gasteiger charge is 2.42. The number of amides is 1. The van der Waals surface area contributed by atoms with Crippen molar-refractivity contribution in [2.45, 2.75) is 19.4 Å². The third-order valence-corrected chi connectivity index (χ3v) is 6.89. The average molecular weight is 477 g/mol. The number of aryl methyl sites for hydroxylation is 1. The van der Waals surface area contributed by atoms with Crippen molar-refractivity contribution >= 4 is 5.91 Å². The number of ether oxygens (including phenoxy) is 3. The van der Waals surface area contributed by atoms with Gasteiger partial charge in [0.05, 0.1) is 39.2 Å². The zero-order valence-corrected chi connectivity index (χ0v) is 20.5. The average Bonchev–Trinajstić information content (AvgIpc) is 3.44. The summed E-state index contributed by atoms with van der Waals surface area (Å²) >= 11 is 0. The SMILES string of the molecule is COc1ccc(C2c3c(-c4ccc(C)cc4)n[nH]c3C(=O)N2CCCN2CCOCC2)cc1OC. The van der Waals surface area contributed by atoms with Gasteiger partial charge in [0.1, 0.15) is 5.69 Å². The number of aromatic nitrogens is 2. The highest BCUT2D eigenvalue weighted by atomic mass is 16.5. The number of hydrogen-bond donors (Lipinski definition) is 1. The van der Waals surface area contributed by atoms with Crippen LogP contribution in [-0.4, -0.2) is 79.5 Å². The molecule has 3 aromatic rings. The Labute approximate surface area is 205 Å². The molecule has 0 saturated carbocycles. The summed E-state index contributed by atoms with van der Waals surface area (Å²) in [6.07, 6.45) is 0.882. The van der Waals surface area contributed by atoms with Gasteiger partial charge in [-0.25, -0.2) is 0 Å². The zero-order valence-electron chi connectivity index (χ0n) is 20.5. The maximum Gasteiger partial charge on any atom is 0.273 e. The molecule has 1 atom stereocenters. The molecule has 8 heteroatoms. The monoisotopic (exact) mass is 476 g/mol. The van der Waals surface area contributed by atoms with Crippen LogP contribution in [0.5, 0.6) is 11.5 Å². The molecule has 5 rings (SSSR count). The van der Waals surface area contributed by atoms with Gasteiger partial charge in [-0.3, -0.25) is 14.8 Å². The molecule has 0 radical (unpaired) electrons. The van der Waals surface area contributed by atoms with E-state index in [4.69, 9.17) is 14.2 Å². The first kappa shape index (κ1) is 23.4. The number of H-pyrrole nitrogens is 1. The molecular formula is C27H32N4O4. The molecule has 1 fully saturated rings. The molecule has 1 aromatic heterocycles. The predicted octanol–water partition coefficient (Wildman–Crippen LogP) is 3.67. The summed E-state index contributed by atoms with van der Waals surface area (Å²) in [6.45, 7) is 7.06. The summed E-state index contributed by atoms with van der Waals surface area (Å²) in [4.78, 5) is 18.0. The number of aromatic amines is 1. The van der Waals surface area contributed by atoms with E-state index >= 15 is 0 Å². The fourth-order valence-electron chi connectivity index (χ4n) is 5.02. The Morgan fingerprint density at radius 1 is 1.03 bits per heavy atom. The fraction of sp³-hybridized carbons (Fsp3) is 0.407. The second kappa shape index (κ2) is 10.1. The second-order valence-electron chi connectivity index (χ2n) is 9.05. The van der Waals surface area contributed by atoms with Gasteiger partial charge in [0.15, 0.2) is 11.5 Å². The number of carbonyl (C=O) groups is 1. The van der Waals surface area contributed by atoms with Crippen LogP contribution < -0.4 is 9.47 Å². The zero-order chi connectivity index (χ0) is 24.4. The van der Waals surface area contributed by atoms with Crippen LogP contribution in [0.3, 0.4) is 0 Å². The molecule has 0 spiro atoms. The normalized spacial score (nSPS) is 18.1. The van der Waals surface area contributed by atoms with E-state index in [-0.39, 0.29) is 11.9 Å². The van der Waals surface area contributed by atoms with Gasteiger partial charge < -0.3 is 19.1 Å². The first-order chi connectivity index (χ1) is 17.1. The summed E-state index contributed by atoms with van der Waals surface area (Å²) in [7, 11) is 3.25. The standard InChI is InChI=1S/C27H32N4O4/c1-18-5-7-19(8-6-18)24-23-25(29-28-24)27(32)31(12-4-11-30-13-15-35-16-14-30)26(23)20-9-10-21(33-2)22(17-20)34-3/h5-10,17,26H,4,11-16H2,1-3H3,(H,28,29). The van der Waals surface area contributed by atoms with E-state index in [2.05, 4.69) is 46.3 Å². The summed E-state index contributed by atoms with van der Waals surface area (Å²) < 4.78 is 16.5. The van der Waals surface area contributed by atoms with Gasteiger partial charge >= 0.3 is 0 Å². The van der Waals surface area contributed by atoms with Gasteiger partial charge in [-0.2, -0.15) is 5.10 Å². The molecule has 3 heterocycles. The molecule has 8 nitrogen and oxygen atoms in total. The lowest BCUT2D eigenvalue weighted by Gasteiger charge is -2.30. The van der Waals surface area contributed by atoms with E-state index in [1.807, 2.05) is 23.1 Å². The Hall–Kier alpha value is -3.36. The number of nitrogens with one attached hydrogen (secondary N) is 1. The molecule has 0 bridgehead atoms. The number of fused-ring (bicyclic) bond motifs is 1. The van der Waals surface area contributed by atoms with Crippen LogP contribution >= 0.6 is 0 Å². The van der Waals surface area contributed by atoms with Gasteiger partial charge in [0.2, 0.25) is 0 Å². The summed E-state index contributed by atoms with van der Waals surface area (Å²) in [5, 5.41) is 7.62. The van der Waals surface area contributed by atoms with E-state index in [9.17, 15) is 4.79 Å². The number of rotatable bonds is 8. The Morgan fingerprint density at radius 3 is 2.49 bits per heavy atom. The van der Waals surface area contributed by atoms with Crippen molar-refractivity contribution in [1.82, 2.24) is 20.0 Å². The summed E-state index contributed by atoms with van der Waals surface area (Å²) in [5.41, 5.74) is 5.42. The number of methoxy groups -OCH3 is 2. The lowest BCUT2D eigenvalue weighted by Crippen LogP contribution is -2.38. The van der Waals surface area contributed by atoms with E-state index in [0.717, 1.165) is 61.7 Å². The quantitative estimate of drug-likeness (QED) is 0.534. The lowest BCUT2D eigenvalue weighted by molar-refractivity contribution is 0.0354. The maximum absolute atomic E-state index is 13.6. The largest absolute Gasteiger partial charge is 0.493 e. The van der Waals surface area contributed by atoms with Gasteiger partial charge in [-0.05, 0) is 31.0 Å². The minimum absolute atomic E-state index is 0.0207. The van der Waals surface area contributed by atoms with Crippen LogP contribution in [0.25, 0.3) is 11.3 Å². The molecule has 2 aliphatic rings. The van der Waals surface area contributed by atoms with Crippen molar-refractivity contribution in [3.8, 4) is 22.8 Å². The molecular weight excluding hydrogens is 444 g/mol. The number of nitrogens with zero attached hydrogens (tertiary/aromatic N) is 3. The smallest absolute Gasteiger partial charge is 0.273 e. The Kier molecular flexibility index (Phi) is 6.74. The molecule has 1 unspecified atom stereocenters. The number of carbonyl (C=O) groups excluding carboxylic acids is 1. The lowest BCUT2D eigenvalue weighted by atomic mass is 9.95. The number of morpholine rings is 1. The number of benzene rings is 2. The van der Waals surface area contributed by atoms with Gasteiger partial charge in [-0.1, -0.05) is 35.9 Å². The second-order valence-corrected chi connectivity index (χ2v) is 9.05. The van der Waals surface area contributed by atoms with Crippen molar-refractivity contribution in [2.24, 2.45) is 0 Å². The van der Waals surface area contributed by atoms with E-state index in [1.54, 1.807) is 14.2 Å². The third kappa shape index (κ3) is 4.51. The molecule has 184 valence electrons. The summed E-state index contributed by atoms with van der Waals surface area (Å²) in [5.74, 6) is 1.28. The van der Waals surface area contributed by atoms with E-state index < -0.39 is 0 Å². The van der Waals surface area contributed by atoms with Crippen LogP contribution in [0.4, 0.5) is 0 Å². The molecule has 1 amide bonds. The Bertz CT molecular complexity index is 1180. The van der Waals surface area contributed by atoms with Crippen molar-refractivity contribution in [3.63, 3.8) is 0 Å². The van der Waals surface area contributed by atoms with Gasteiger partial charge in [-0.15, -0.1) is 0 Å². The van der Waals surface area contributed by atoms with Gasteiger partial charge in [0, 0.05) is 37.3 Å². The molecule has 2 aliphatic heterocycles. The maximum atomic E-state index is 13.6. The topological polar surface area (TPSA) is 79.9 Å². The van der Waals surface area contributed by atoms with E-state index in [0.29, 0.717) is 23.7 Å². The third-order valence-electron chi connectivity index (χ3n) is 6.89. The van der Waals surface area contributed by atoms with Crippen molar-refractivity contribution < 1.29 is 19.0 Å².